The zero-order valence-corrected chi connectivity index (χ0v) is 20.4. The van der Waals surface area contributed by atoms with Crippen LogP contribution in [0.4, 0.5) is 21.5 Å². The molecule has 1 N–H and O–H groups in total. The molecule has 1 unspecified atom stereocenters. The van der Waals surface area contributed by atoms with Crippen molar-refractivity contribution in [2.45, 2.75) is 26.9 Å². The second-order valence-electron chi connectivity index (χ2n) is 7.93. The molecule has 0 saturated heterocycles. The fourth-order valence-electron chi connectivity index (χ4n) is 3.84. The van der Waals surface area contributed by atoms with E-state index in [1.54, 1.807) is 36.0 Å². The van der Waals surface area contributed by atoms with E-state index in [0.29, 0.717) is 5.69 Å². The van der Waals surface area contributed by atoms with E-state index in [1.807, 2.05) is 72.5 Å². The predicted molar refractivity (Wildman–Crippen MR) is 140 cm³/mol. The molecule has 1 aliphatic heterocycles. The highest BCUT2D eigenvalue weighted by molar-refractivity contribution is 8.00. The molecule has 4 aromatic carbocycles. The Morgan fingerprint density at radius 3 is 2.03 bits per heavy atom. The third-order valence-electron chi connectivity index (χ3n) is 5.54. The van der Waals surface area contributed by atoms with Crippen molar-refractivity contribution in [3.63, 3.8) is 0 Å². The van der Waals surface area contributed by atoms with Crippen LogP contribution in [0.15, 0.2) is 112 Å². The topological polar surface area (TPSA) is 49.4 Å². The quantitative estimate of drug-likeness (QED) is 0.290. The molecule has 4 nitrogen and oxygen atoms in total. The Balaban J connectivity index is 1.31. The minimum Gasteiger partial charge on any atom is -0.322 e. The van der Waals surface area contributed by atoms with E-state index in [4.69, 9.17) is 0 Å². The smallest absolute Gasteiger partial charge is 0.258 e. The minimum atomic E-state index is -0.566. The van der Waals surface area contributed by atoms with E-state index >= 15 is 0 Å². The molecule has 0 fully saturated rings. The molecule has 0 aliphatic carbocycles. The summed E-state index contributed by atoms with van der Waals surface area (Å²) in [6.45, 7) is 1.90. The highest BCUT2D eigenvalue weighted by Crippen LogP contribution is 2.48. The van der Waals surface area contributed by atoms with Crippen molar-refractivity contribution in [1.29, 1.82) is 0 Å². The van der Waals surface area contributed by atoms with E-state index in [-0.39, 0.29) is 16.7 Å². The van der Waals surface area contributed by atoms with E-state index < -0.39 is 11.7 Å². The van der Waals surface area contributed by atoms with E-state index in [0.717, 1.165) is 26.1 Å². The van der Waals surface area contributed by atoms with Crippen molar-refractivity contribution < 1.29 is 14.0 Å². The first-order chi connectivity index (χ1) is 17.0. The van der Waals surface area contributed by atoms with Gasteiger partial charge in [0.15, 0.2) is 0 Å². The lowest BCUT2D eigenvalue weighted by Crippen LogP contribution is -2.34. The molecule has 174 valence electrons. The number of amides is 2. The summed E-state index contributed by atoms with van der Waals surface area (Å²) in [5.74, 6) is -1.08. The average molecular weight is 501 g/mol. The number of carbonyl (C=O) groups excluding carboxylic acids is 2. The molecule has 0 bridgehead atoms. The number of para-hydroxylation sites is 2. The Kier molecular flexibility index (Phi) is 6.61. The van der Waals surface area contributed by atoms with E-state index in [1.165, 1.54) is 23.9 Å². The van der Waals surface area contributed by atoms with Crippen molar-refractivity contribution in [3.05, 3.63) is 108 Å². The number of thioether (sulfide) groups is 1. The third-order valence-corrected chi connectivity index (χ3v) is 7.77. The number of halogens is 1. The fraction of sp³-hybridized carbons (Fsp3) is 0.0714. The van der Waals surface area contributed by atoms with Crippen LogP contribution in [0.1, 0.15) is 17.3 Å². The van der Waals surface area contributed by atoms with Gasteiger partial charge in [-0.15, -0.1) is 11.8 Å². The number of nitrogens with zero attached hydrogens (tertiary/aromatic N) is 1. The molecule has 35 heavy (non-hydrogen) atoms. The van der Waals surface area contributed by atoms with Crippen LogP contribution in [0, 0.1) is 5.82 Å². The number of anilines is 3. The molecule has 1 atom stereocenters. The van der Waals surface area contributed by atoms with Crippen LogP contribution in [-0.2, 0) is 4.79 Å². The van der Waals surface area contributed by atoms with Gasteiger partial charge in [-0.1, -0.05) is 48.2 Å². The van der Waals surface area contributed by atoms with Gasteiger partial charge in [-0.3, -0.25) is 14.5 Å². The molecule has 0 radical (unpaired) electrons. The molecular formula is C28H21FN2O2S2. The van der Waals surface area contributed by atoms with Gasteiger partial charge in [0.05, 0.1) is 22.2 Å². The molecule has 5 rings (SSSR count). The van der Waals surface area contributed by atoms with Crippen LogP contribution in [0.3, 0.4) is 0 Å². The van der Waals surface area contributed by atoms with Crippen LogP contribution < -0.4 is 10.2 Å². The van der Waals surface area contributed by atoms with Gasteiger partial charge < -0.3 is 5.32 Å². The number of nitrogens with one attached hydrogen (secondary N) is 1. The standard InChI is InChI=1S/C28H21FN2O2S2/c1-18(28(33)31-23-10-4-6-12-25(23)35-26-13-7-5-11-24(26)31)34-20-16-14-19(15-17-20)30-27(32)21-8-2-3-9-22(21)29/h2-18H,1H3,(H,30,32). The summed E-state index contributed by atoms with van der Waals surface area (Å²) in [7, 11) is 0. The number of benzene rings is 4. The molecule has 4 aromatic rings. The third kappa shape index (κ3) is 4.83. The van der Waals surface area contributed by atoms with Gasteiger partial charge in [-0.2, -0.15) is 0 Å². The van der Waals surface area contributed by atoms with Gasteiger partial charge in [-0.05, 0) is 67.6 Å². The minimum absolute atomic E-state index is 0.00729. The lowest BCUT2D eigenvalue weighted by atomic mass is 10.2. The van der Waals surface area contributed by atoms with E-state index in [9.17, 15) is 14.0 Å². The molecule has 2 amide bonds. The zero-order chi connectivity index (χ0) is 24.4. The molecular weight excluding hydrogens is 479 g/mol. The molecule has 0 aromatic heterocycles. The maximum Gasteiger partial charge on any atom is 0.258 e. The Hall–Kier alpha value is -3.55. The first-order valence-electron chi connectivity index (χ1n) is 11.0. The summed E-state index contributed by atoms with van der Waals surface area (Å²) in [5.41, 5.74) is 2.32. The highest BCUT2D eigenvalue weighted by atomic mass is 32.2. The fourth-order valence-corrected chi connectivity index (χ4v) is 5.80. The van der Waals surface area contributed by atoms with Gasteiger partial charge in [0.1, 0.15) is 5.82 Å². The van der Waals surface area contributed by atoms with Gasteiger partial charge in [0.25, 0.3) is 5.91 Å². The maximum atomic E-state index is 13.9. The molecule has 0 spiro atoms. The normalized spacial score (nSPS) is 12.9. The monoisotopic (exact) mass is 500 g/mol. The largest absolute Gasteiger partial charge is 0.322 e. The van der Waals surface area contributed by atoms with Crippen LogP contribution >= 0.6 is 23.5 Å². The number of hydrogen-bond acceptors (Lipinski definition) is 4. The van der Waals surface area contributed by atoms with Crippen LogP contribution in [0.2, 0.25) is 0 Å². The first kappa shape index (κ1) is 23.2. The van der Waals surface area contributed by atoms with Gasteiger partial charge in [0.2, 0.25) is 5.91 Å². The average Bonchev–Trinajstić information content (AvgIpc) is 2.88. The zero-order valence-electron chi connectivity index (χ0n) is 18.8. The number of fused-ring (bicyclic) bond motifs is 2. The van der Waals surface area contributed by atoms with E-state index in [2.05, 4.69) is 5.32 Å². The van der Waals surface area contributed by atoms with Crippen LogP contribution in [0.25, 0.3) is 0 Å². The summed E-state index contributed by atoms with van der Waals surface area (Å²) < 4.78 is 13.9. The van der Waals surface area contributed by atoms with Gasteiger partial charge in [0, 0.05) is 20.4 Å². The lowest BCUT2D eigenvalue weighted by molar-refractivity contribution is -0.117. The highest BCUT2D eigenvalue weighted by Gasteiger charge is 2.31. The van der Waals surface area contributed by atoms with Crippen LogP contribution in [-0.4, -0.2) is 17.1 Å². The summed E-state index contributed by atoms with van der Waals surface area (Å²) in [6.07, 6.45) is 0. The first-order valence-corrected chi connectivity index (χ1v) is 12.7. The molecule has 7 heteroatoms. The van der Waals surface area contributed by atoms with Crippen LogP contribution in [0.5, 0.6) is 0 Å². The Morgan fingerprint density at radius 1 is 0.829 bits per heavy atom. The molecule has 1 aliphatic rings. The Morgan fingerprint density at radius 2 is 1.40 bits per heavy atom. The lowest BCUT2D eigenvalue weighted by Gasteiger charge is -2.32. The predicted octanol–water partition coefficient (Wildman–Crippen LogP) is 7.39. The van der Waals surface area contributed by atoms with Crippen molar-refractivity contribution in [2.75, 3.05) is 10.2 Å². The van der Waals surface area contributed by atoms with Gasteiger partial charge >= 0.3 is 0 Å². The molecule has 1 heterocycles. The second kappa shape index (κ2) is 9.98. The summed E-state index contributed by atoms with van der Waals surface area (Å²) in [4.78, 5) is 30.8. The van der Waals surface area contributed by atoms with Gasteiger partial charge in [-0.25, -0.2) is 4.39 Å². The van der Waals surface area contributed by atoms with Crippen molar-refractivity contribution in [2.24, 2.45) is 0 Å². The molecule has 0 saturated carbocycles. The number of rotatable bonds is 5. The Bertz CT molecular complexity index is 1360. The van der Waals surface area contributed by atoms with Crippen molar-refractivity contribution in [3.8, 4) is 0 Å². The number of carbonyl (C=O) groups is 2. The summed E-state index contributed by atoms with van der Waals surface area (Å²) in [5, 5.41) is 2.36. The summed E-state index contributed by atoms with van der Waals surface area (Å²) >= 11 is 3.12. The van der Waals surface area contributed by atoms with Crippen molar-refractivity contribution in [1.82, 2.24) is 0 Å². The SMILES string of the molecule is CC(Sc1ccc(NC(=O)c2ccccc2F)cc1)C(=O)N1c2ccccc2Sc2ccccc21. The number of hydrogen-bond donors (Lipinski definition) is 1. The summed E-state index contributed by atoms with van der Waals surface area (Å²) in [6, 6.07) is 28.9. The Labute approximate surface area is 211 Å². The second-order valence-corrected chi connectivity index (χ2v) is 10.4. The van der Waals surface area contributed by atoms with Crippen molar-refractivity contribution >= 4 is 52.4 Å². The maximum absolute atomic E-state index is 13.9.